The van der Waals surface area contributed by atoms with Crippen molar-refractivity contribution < 1.29 is 9.59 Å². The van der Waals surface area contributed by atoms with Crippen molar-refractivity contribution in [2.45, 2.75) is 65.1 Å². The van der Waals surface area contributed by atoms with Gasteiger partial charge in [-0.2, -0.15) is 5.10 Å². The smallest absolute Gasteiger partial charge is 0.225 e. The lowest BCUT2D eigenvalue weighted by molar-refractivity contribution is -0.129. The third kappa shape index (κ3) is 4.40. The number of carbonyl (C=O) groups is 2. The largest absolute Gasteiger partial charge is 0.353 e. The summed E-state index contributed by atoms with van der Waals surface area (Å²) >= 11 is 0. The maximum Gasteiger partial charge on any atom is 0.225 e. The van der Waals surface area contributed by atoms with E-state index in [9.17, 15) is 9.59 Å². The summed E-state index contributed by atoms with van der Waals surface area (Å²) in [6.45, 7) is 9.69. The Bertz CT molecular complexity index is 718. The molecular formula is C21H33N5O2. The van der Waals surface area contributed by atoms with Crippen LogP contribution in [0.15, 0.2) is 6.20 Å². The van der Waals surface area contributed by atoms with Gasteiger partial charge in [0.1, 0.15) is 0 Å². The SMILES string of the molecule is CCn1ncc(CN2CCC(CN3CC(C(=O)NC4CC4)CC3=O)CC2)c1C. The molecule has 3 fully saturated rings. The maximum atomic E-state index is 12.4. The molecule has 1 aromatic rings. The van der Waals surface area contributed by atoms with Crippen molar-refractivity contribution >= 4 is 11.8 Å². The molecule has 28 heavy (non-hydrogen) atoms. The average Bonchev–Trinajstić information content (AvgIpc) is 3.33. The van der Waals surface area contributed by atoms with Crippen LogP contribution >= 0.6 is 0 Å². The molecule has 1 unspecified atom stereocenters. The normalized spacial score (nSPS) is 24.1. The molecule has 2 saturated heterocycles. The zero-order chi connectivity index (χ0) is 19.7. The van der Waals surface area contributed by atoms with E-state index in [0.29, 0.717) is 24.9 Å². The van der Waals surface area contributed by atoms with Gasteiger partial charge in [-0.05, 0) is 58.5 Å². The summed E-state index contributed by atoms with van der Waals surface area (Å²) in [4.78, 5) is 29.0. The Hall–Kier alpha value is -1.89. The number of carbonyl (C=O) groups excluding carboxylic acids is 2. The molecule has 1 atom stereocenters. The fourth-order valence-corrected chi connectivity index (χ4v) is 4.51. The van der Waals surface area contributed by atoms with Crippen molar-refractivity contribution in [2.75, 3.05) is 26.2 Å². The topological polar surface area (TPSA) is 70.5 Å². The number of amides is 2. The molecule has 2 amide bonds. The zero-order valence-electron chi connectivity index (χ0n) is 17.2. The van der Waals surface area contributed by atoms with E-state index in [1.54, 1.807) is 0 Å². The summed E-state index contributed by atoms with van der Waals surface area (Å²) in [5.74, 6) is 0.633. The van der Waals surface area contributed by atoms with Crippen LogP contribution in [0.25, 0.3) is 0 Å². The lowest BCUT2D eigenvalue weighted by atomic mass is 9.96. The molecule has 3 aliphatic rings. The summed E-state index contributed by atoms with van der Waals surface area (Å²) in [7, 11) is 0. The fourth-order valence-electron chi connectivity index (χ4n) is 4.51. The number of hydrogen-bond acceptors (Lipinski definition) is 4. The molecule has 1 saturated carbocycles. The van der Waals surface area contributed by atoms with Crippen LogP contribution in [0.1, 0.15) is 50.3 Å². The molecule has 1 N–H and O–H groups in total. The molecule has 7 heteroatoms. The van der Waals surface area contributed by atoms with Gasteiger partial charge >= 0.3 is 0 Å². The Morgan fingerprint density at radius 2 is 2.00 bits per heavy atom. The Morgan fingerprint density at radius 1 is 1.25 bits per heavy atom. The first-order valence-electron chi connectivity index (χ1n) is 10.8. The number of aromatic nitrogens is 2. The third-order valence-corrected chi connectivity index (χ3v) is 6.59. The van der Waals surface area contributed by atoms with Gasteiger partial charge in [0.25, 0.3) is 0 Å². The summed E-state index contributed by atoms with van der Waals surface area (Å²) in [6.07, 6.45) is 6.80. The number of likely N-dealkylation sites (tertiary alicyclic amines) is 2. The monoisotopic (exact) mass is 387 g/mol. The highest BCUT2D eigenvalue weighted by molar-refractivity contribution is 5.89. The third-order valence-electron chi connectivity index (χ3n) is 6.59. The predicted molar refractivity (Wildman–Crippen MR) is 106 cm³/mol. The summed E-state index contributed by atoms with van der Waals surface area (Å²) in [5.41, 5.74) is 2.59. The lowest BCUT2D eigenvalue weighted by Crippen LogP contribution is -2.39. The van der Waals surface area contributed by atoms with Crippen LogP contribution in [0.3, 0.4) is 0 Å². The second kappa shape index (κ2) is 8.23. The van der Waals surface area contributed by atoms with Crippen LogP contribution in [0.2, 0.25) is 0 Å². The zero-order valence-corrected chi connectivity index (χ0v) is 17.2. The highest BCUT2D eigenvalue weighted by Gasteiger charge is 2.37. The van der Waals surface area contributed by atoms with Crippen LogP contribution in [-0.2, 0) is 22.7 Å². The van der Waals surface area contributed by atoms with Gasteiger partial charge in [0.2, 0.25) is 11.8 Å². The predicted octanol–water partition coefficient (Wildman–Crippen LogP) is 1.55. The number of piperidine rings is 1. The van der Waals surface area contributed by atoms with Gasteiger partial charge in [-0.25, -0.2) is 0 Å². The van der Waals surface area contributed by atoms with Crippen LogP contribution in [0.5, 0.6) is 0 Å². The average molecular weight is 388 g/mol. The van der Waals surface area contributed by atoms with Crippen molar-refractivity contribution in [3.8, 4) is 0 Å². The van der Waals surface area contributed by atoms with E-state index in [4.69, 9.17) is 0 Å². The van der Waals surface area contributed by atoms with Crippen LogP contribution in [0, 0.1) is 18.8 Å². The Balaban J connectivity index is 1.22. The van der Waals surface area contributed by atoms with E-state index in [1.807, 2.05) is 11.1 Å². The quantitative estimate of drug-likeness (QED) is 0.771. The van der Waals surface area contributed by atoms with Crippen molar-refractivity contribution in [3.05, 3.63) is 17.5 Å². The number of nitrogens with zero attached hydrogens (tertiary/aromatic N) is 4. The Morgan fingerprint density at radius 3 is 2.64 bits per heavy atom. The van der Waals surface area contributed by atoms with Crippen molar-refractivity contribution in [1.82, 2.24) is 24.9 Å². The van der Waals surface area contributed by atoms with Crippen molar-refractivity contribution in [1.29, 1.82) is 0 Å². The lowest BCUT2D eigenvalue weighted by Gasteiger charge is -2.33. The molecule has 7 nitrogen and oxygen atoms in total. The molecule has 1 aromatic heterocycles. The number of hydrogen-bond donors (Lipinski definition) is 1. The second-order valence-corrected chi connectivity index (χ2v) is 8.77. The van der Waals surface area contributed by atoms with E-state index in [-0.39, 0.29) is 17.7 Å². The first kappa shape index (κ1) is 19.4. The molecule has 3 heterocycles. The summed E-state index contributed by atoms with van der Waals surface area (Å²) < 4.78 is 2.05. The highest BCUT2D eigenvalue weighted by atomic mass is 16.2. The number of aryl methyl sites for hydroxylation is 1. The van der Waals surface area contributed by atoms with E-state index in [0.717, 1.165) is 58.4 Å². The van der Waals surface area contributed by atoms with Crippen LogP contribution in [-0.4, -0.2) is 63.6 Å². The number of rotatable bonds is 7. The van der Waals surface area contributed by atoms with Gasteiger partial charge in [0, 0.05) is 49.9 Å². The second-order valence-electron chi connectivity index (χ2n) is 8.77. The summed E-state index contributed by atoms with van der Waals surface area (Å²) in [6, 6.07) is 0.369. The first-order valence-corrected chi connectivity index (χ1v) is 10.8. The molecular weight excluding hydrogens is 354 g/mol. The van der Waals surface area contributed by atoms with Crippen LogP contribution in [0.4, 0.5) is 0 Å². The minimum atomic E-state index is -0.147. The maximum absolute atomic E-state index is 12.4. The number of nitrogens with one attached hydrogen (secondary N) is 1. The van der Waals surface area contributed by atoms with E-state index in [2.05, 4.69) is 33.8 Å². The van der Waals surface area contributed by atoms with Gasteiger partial charge in [0.05, 0.1) is 12.1 Å². The highest BCUT2D eigenvalue weighted by Crippen LogP contribution is 2.26. The fraction of sp³-hybridized carbons (Fsp3) is 0.762. The van der Waals surface area contributed by atoms with Crippen molar-refractivity contribution in [3.63, 3.8) is 0 Å². The molecule has 4 rings (SSSR count). The van der Waals surface area contributed by atoms with Gasteiger partial charge in [-0.1, -0.05) is 0 Å². The van der Waals surface area contributed by atoms with Gasteiger partial charge in [-0.3, -0.25) is 19.2 Å². The van der Waals surface area contributed by atoms with Gasteiger partial charge in [-0.15, -0.1) is 0 Å². The van der Waals surface area contributed by atoms with Crippen LogP contribution < -0.4 is 5.32 Å². The standard InChI is InChI=1S/C21H33N5O2/c1-3-26-15(2)18(11-22-26)13-24-8-6-16(7-9-24)12-25-14-17(10-20(25)27)21(28)23-19-4-5-19/h11,16-17,19H,3-10,12-14H2,1-2H3,(H,23,28). The van der Waals surface area contributed by atoms with Gasteiger partial charge in [0.15, 0.2) is 0 Å². The van der Waals surface area contributed by atoms with E-state index in [1.165, 1.54) is 11.3 Å². The molecule has 0 spiro atoms. The van der Waals surface area contributed by atoms with E-state index < -0.39 is 0 Å². The first-order chi connectivity index (χ1) is 13.5. The van der Waals surface area contributed by atoms with Gasteiger partial charge < -0.3 is 10.2 Å². The summed E-state index contributed by atoms with van der Waals surface area (Å²) in [5, 5.41) is 7.50. The molecule has 0 bridgehead atoms. The minimum absolute atomic E-state index is 0.0798. The minimum Gasteiger partial charge on any atom is -0.353 e. The van der Waals surface area contributed by atoms with Crippen molar-refractivity contribution in [2.24, 2.45) is 11.8 Å². The molecule has 154 valence electrons. The molecule has 0 radical (unpaired) electrons. The Kier molecular flexibility index (Phi) is 5.71. The molecule has 0 aromatic carbocycles. The molecule has 2 aliphatic heterocycles. The molecule has 1 aliphatic carbocycles. The Labute approximate surface area is 167 Å². The van der Waals surface area contributed by atoms with E-state index >= 15 is 0 Å².